The van der Waals surface area contributed by atoms with Crippen molar-refractivity contribution in [2.45, 2.75) is 0 Å². The van der Waals surface area contributed by atoms with Gasteiger partial charge in [0.15, 0.2) is 0 Å². The molecule has 2 heterocycles. The minimum Gasteiger partial charge on any atom is -0.384 e. The number of anilines is 1. The molecule has 0 atom stereocenters. The average Bonchev–Trinajstić information content (AvgIpc) is 2.20. The number of nitrogens with two attached hydrogens (primary N) is 1. The Labute approximate surface area is 79.8 Å². The molecule has 70 valence electrons. The first kappa shape index (κ1) is 8.43. The summed E-state index contributed by atoms with van der Waals surface area (Å²) in [5, 5.41) is 3.90. The van der Waals surface area contributed by atoms with Gasteiger partial charge in [-0.1, -0.05) is 0 Å². The molecule has 5 heteroatoms. The first-order chi connectivity index (χ1) is 6.77. The number of aromatic nitrogens is 3. The highest BCUT2D eigenvalue weighted by Crippen LogP contribution is 2.02. The number of pyridine rings is 1. The lowest BCUT2D eigenvalue weighted by molar-refractivity contribution is 0.803. The summed E-state index contributed by atoms with van der Waals surface area (Å²) in [6.07, 6.45) is 3.04. The Balaban J connectivity index is 2.56. The largest absolute Gasteiger partial charge is 0.384 e. The highest BCUT2D eigenvalue weighted by Gasteiger charge is 1.98. The summed E-state index contributed by atoms with van der Waals surface area (Å²) in [6.45, 7) is 0. The van der Waals surface area contributed by atoms with Crippen LogP contribution < -0.4 is 11.3 Å². The van der Waals surface area contributed by atoms with Crippen molar-refractivity contribution in [3.8, 4) is 5.69 Å². The van der Waals surface area contributed by atoms with Crippen molar-refractivity contribution >= 4 is 5.82 Å². The van der Waals surface area contributed by atoms with E-state index in [4.69, 9.17) is 5.73 Å². The van der Waals surface area contributed by atoms with Crippen LogP contribution in [0.4, 0.5) is 5.82 Å². The van der Waals surface area contributed by atoms with E-state index in [0.29, 0.717) is 11.5 Å². The van der Waals surface area contributed by atoms with Gasteiger partial charge < -0.3 is 5.73 Å². The number of hydrogen-bond acceptors (Lipinski definition) is 4. The molecule has 2 aromatic rings. The van der Waals surface area contributed by atoms with Gasteiger partial charge in [-0.15, -0.1) is 0 Å². The predicted octanol–water partition coefficient (Wildman–Crippen LogP) is 0.210. The van der Waals surface area contributed by atoms with Gasteiger partial charge in [0.05, 0.1) is 11.9 Å². The number of nitrogens with zero attached hydrogens (tertiary/aromatic N) is 3. The fourth-order valence-corrected chi connectivity index (χ4v) is 1.07. The van der Waals surface area contributed by atoms with E-state index in [1.54, 1.807) is 18.2 Å². The van der Waals surface area contributed by atoms with E-state index in [1.807, 2.05) is 0 Å². The SMILES string of the molecule is Nc1ccc(-n2ncccc2=O)cn1. The summed E-state index contributed by atoms with van der Waals surface area (Å²) in [4.78, 5) is 15.2. The number of hydrogen-bond donors (Lipinski definition) is 1. The third-order valence-electron chi connectivity index (χ3n) is 1.73. The Kier molecular flexibility index (Phi) is 1.98. The predicted molar refractivity (Wildman–Crippen MR) is 52.0 cm³/mol. The Morgan fingerprint density at radius 2 is 2.14 bits per heavy atom. The zero-order valence-corrected chi connectivity index (χ0v) is 7.29. The van der Waals surface area contributed by atoms with E-state index in [9.17, 15) is 4.79 Å². The summed E-state index contributed by atoms with van der Waals surface area (Å²) in [6, 6.07) is 6.33. The van der Waals surface area contributed by atoms with Crippen molar-refractivity contribution in [1.82, 2.24) is 14.8 Å². The van der Waals surface area contributed by atoms with Gasteiger partial charge in [-0.25, -0.2) is 4.98 Å². The standard InChI is InChI=1S/C9H8N4O/c10-8-4-3-7(6-11-8)13-9(14)2-1-5-12-13/h1-6H,(H2,10,11). The molecule has 5 nitrogen and oxygen atoms in total. The van der Waals surface area contributed by atoms with Gasteiger partial charge in [0, 0.05) is 12.3 Å². The normalized spacial score (nSPS) is 10.0. The van der Waals surface area contributed by atoms with Crippen LogP contribution in [0, 0.1) is 0 Å². The molecule has 2 aromatic heterocycles. The molecule has 0 radical (unpaired) electrons. The third-order valence-corrected chi connectivity index (χ3v) is 1.73. The Morgan fingerprint density at radius 1 is 1.29 bits per heavy atom. The van der Waals surface area contributed by atoms with Gasteiger partial charge in [0.25, 0.3) is 5.56 Å². The molecule has 0 bridgehead atoms. The van der Waals surface area contributed by atoms with E-state index in [-0.39, 0.29) is 5.56 Å². The zero-order chi connectivity index (χ0) is 9.97. The minimum absolute atomic E-state index is 0.195. The smallest absolute Gasteiger partial charge is 0.271 e. The maximum absolute atomic E-state index is 11.3. The monoisotopic (exact) mass is 188 g/mol. The molecule has 0 amide bonds. The van der Waals surface area contributed by atoms with Crippen molar-refractivity contribution in [2.75, 3.05) is 5.73 Å². The van der Waals surface area contributed by atoms with Gasteiger partial charge >= 0.3 is 0 Å². The van der Waals surface area contributed by atoms with E-state index < -0.39 is 0 Å². The maximum atomic E-state index is 11.3. The van der Waals surface area contributed by atoms with Crippen molar-refractivity contribution in [3.05, 3.63) is 47.0 Å². The molecule has 0 aliphatic carbocycles. The molecule has 0 unspecified atom stereocenters. The quantitative estimate of drug-likeness (QED) is 0.694. The molecule has 2 N–H and O–H groups in total. The fraction of sp³-hybridized carbons (Fsp3) is 0. The maximum Gasteiger partial charge on any atom is 0.271 e. The molecule has 0 saturated carbocycles. The molecule has 0 spiro atoms. The molecule has 2 rings (SSSR count). The molecular weight excluding hydrogens is 180 g/mol. The van der Waals surface area contributed by atoms with Gasteiger partial charge in [-0.3, -0.25) is 4.79 Å². The van der Waals surface area contributed by atoms with Crippen LogP contribution in [0.3, 0.4) is 0 Å². The summed E-state index contributed by atoms with van der Waals surface area (Å²) in [5.74, 6) is 0.415. The first-order valence-electron chi connectivity index (χ1n) is 4.03. The van der Waals surface area contributed by atoms with Gasteiger partial charge in [0.2, 0.25) is 0 Å². The summed E-state index contributed by atoms with van der Waals surface area (Å²) in [7, 11) is 0. The lowest BCUT2D eigenvalue weighted by atomic mass is 10.4. The Hall–Kier alpha value is -2.17. The molecule has 0 aliphatic rings. The molecule has 0 aliphatic heterocycles. The van der Waals surface area contributed by atoms with Gasteiger partial charge in [-0.05, 0) is 18.2 Å². The number of nitrogen functional groups attached to an aromatic ring is 1. The van der Waals surface area contributed by atoms with Crippen molar-refractivity contribution in [1.29, 1.82) is 0 Å². The van der Waals surface area contributed by atoms with Crippen LogP contribution in [0.5, 0.6) is 0 Å². The van der Waals surface area contributed by atoms with Gasteiger partial charge in [0.1, 0.15) is 5.82 Å². The van der Waals surface area contributed by atoms with Crippen molar-refractivity contribution in [3.63, 3.8) is 0 Å². The van der Waals surface area contributed by atoms with Crippen LogP contribution in [-0.2, 0) is 0 Å². The molecule has 0 fully saturated rings. The molecule has 0 saturated heterocycles. The lowest BCUT2D eigenvalue weighted by Crippen LogP contribution is -2.19. The highest BCUT2D eigenvalue weighted by molar-refractivity contribution is 5.36. The Bertz CT molecular complexity index is 489. The molecule has 0 aromatic carbocycles. The Morgan fingerprint density at radius 3 is 2.79 bits per heavy atom. The highest BCUT2D eigenvalue weighted by atomic mass is 16.1. The van der Waals surface area contributed by atoms with Gasteiger partial charge in [-0.2, -0.15) is 9.78 Å². The van der Waals surface area contributed by atoms with Crippen LogP contribution in [-0.4, -0.2) is 14.8 Å². The zero-order valence-electron chi connectivity index (χ0n) is 7.29. The van der Waals surface area contributed by atoms with E-state index in [1.165, 1.54) is 23.1 Å². The van der Waals surface area contributed by atoms with E-state index in [0.717, 1.165) is 0 Å². The second-order valence-electron chi connectivity index (χ2n) is 2.71. The third kappa shape index (κ3) is 1.47. The lowest BCUT2D eigenvalue weighted by Gasteiger charge is -2.01. The van der Waals surface area contributed by atoms with Crippen molar-refractivity contribution < 1.29 is 0 Å². The second-order valence-corrected chi connectivity index (χ2v) is 2.71. The summed E-state index contributed by atoms with van der Waals surface area (Å²) in [5.41, 5.74) is 5.83. The van der Waals surface area contributed by atoms with E-state index in [2.05, 4.69) is 10.1 Å². The second kappa shape index (κ2) is 3.29. The van der Waals surface area contributed by atoms with Crippen LogP contribution in [0.25, 0.3) is 5.69 Å². The van der Waals surface area contributed by atoms with Crippen LogP contribution >= 0.6 is 0 Å². The molecular formula is C9H8N4O. The van der Waals surface area contributed by atoms with Crippen LogP contribution in [0.1, 0.15) is 0 Å². The fourth-order valence-electron chi connectivity index (χ4n) is 1.07. The van der Waals surface area contributed by atoms with Crippen LogP contribution in [0.15, 0.2) is 41.5 Å². The summed E-state index contributed by atoms with van der Waals surface area (Å²) >= 11 is 0. The molecule has 14 heavy (non-hydrogen) atoms. The van der Waals surface area contributed by atoms with E-state index >= 15 is 0 Å². The first-order valence-corrected chi connectivity index (χ1v) is 4.03. The average molecular weight is 188 g/mol. The minimum atomic E-state index is -0.195. The topological polar surface area (TPSA) is 73.8 Å². The number of rotatable bonds is 1. The van der Waals surface area contributed by atoms with Crippen molar-refractivity contribution in [2.24, 2.45) is 0 Å². The van der Waals surface area contributed by atoms with Crippen LogP contribution in [0.2, 0.25) is 0 Å². The summed E-state index contributed by atoms with van der Waals surface area (Å²) < 4.78 is 1.26.